The molecule has 0 radical (unpaired) electrons. The Bertz CT molecular complexity index is 410. The third-order valence-corrected chi connectivity index (χ3v) is 4.04. The van der Waals surface area contributed by atoms with E-state index in [4.69, 9.17) is 23.7 Å². The second-order valence-corrected chi connectivity index (χ2v) is 7.65. The molecule has 0 saturated carbocycles. The predicted octanol–water partition coefficient (Wildman–Crippen LogP) is 4.06. The summed E-state index contributed by atoms with van der Waals surface area (Å²) < 4.78 is 26.8. The lowest BCUT2D eigenvalue weighted by molar-refractivity contribution is -0.162. The van der Waals surface area contributed by atoms with Crippen LogP contribution in [0.2, 0.25) is 0 Å². The normalized spacial score (nSPS) is 11.4. The van der Waals surface area contributed by atoms with E-state index in [1.807, 2.05) is 13.8 Å². The number of unbranched alkanes of at least 4 members (excludes halogenated alkanes) is 4. The van der Waals surface area contributed by atoms with Crippen molar-refractivity contribution in [2.75, 3.05) is 46.2 Å². The maximum absolute atomic E-state index is 11.8. The fourth-order valence-corrected chi connectivity index (χ4v) is 2.47. The molecule has 0 aliphatic heterocycles. The molecule has 172 valence electrons. The average molecular weight is 419 g/mol. The van der Waals surface area contributed by atoms with Crippen molar-refractivity contribution < 1.29 is 33.3 Å². The first kappa shape index (κ1) is 27.8. The lowest BCUT2D eigenvalue weighted by atomic mass is 10.1. The van der Waals surface area contributed by atoms with Crippen LogP contribution < -0.4 is 0 Å². The third-order valence-electron chi connectivity index (χ3n) is 4.04. The molecule has 0 aromatic carbocycles. The van der Waals surface area contributed by atoms with Crippen LogP contribution in [0.25, 0.3) is 0 Å². The van der Waals surface area contributed by atoms with Crippen molar-refractivity contribution in [3.05, 3.63) is 0 Å². The van der Waals surface area contributed by atoms with Crippen LogP contribution in [0.15, 0.2) is 0 Å². The summed E-state index contributed by atoms with van der Waals surface area (Å²) in [4.78, 5) is 23.2. The number of carbonyl (C=O) groups is 2. The zero-order valence-corrected chi connectivity index (χ0v) is 19.0. The number of rotatable bonds is 20. The van der Waals surface area contributed by atoms with Gasteiger partial charge in [-0.15, -0.1) is 0 Å². The maximum Gasteiger partial charge on any atom is 0.306 e. The van der Waals surface area contributed by atoms with E-state index < -0.39 is 5.60 Å². The lowest BCUT2D eigenvalue weighted by Gasteiger charge is -2.25. The van der Waals surface area contributed by atoms with Crippen LogP contribution in [0, 0.1) is 0 Å². The van der Waals surface area contributed by atoms with Crippen LogP contribution in [-0.2, 0) is 33.3 Å². The quantitative estimate of drug-likeness (QED) is 0.218. The van der Waals surface area contributed by atoms with E-state index in [9.17, 15) is 9.59 Å². The smallest absolute Gasteiger partial charge is 0.306 e. The minimum atomic E-state index is -0.639. The summed E-state index contributed by atoms with van der Waals surface area (Å²) in [6.45, 7) is 10.6. The van der Waals surface area contributed by atoms with Crippen molar-refractivity contribution >= 4 is 11.9 Å². The van der Waals surface area contributed by atoms with Crippen molar-refractivity contribution in [2.24, 2.45) is 0 Å². The van der Waals surface area contributed by atoms with Crippen LogP contribution in [0.3, 0.4) is 0 Å². The Morgan fingerprint density at radius 2 is 1.14 bits per heavy atom. The molecular formula is C22H42O7. The van der Waals surface area contributed by atoms with E-state index in [2.05, 4.69) is 13.8 Å². The van der Waals surface area contributed by atoms with Crippen LogP contribution in [0.1, 0.15) is 79.1 Å². The molecule has 7 heteroatoms. The Morgan fingerprint density at radius 1 is 0.655 bits per heavy atom. The summed E-state index contributed by atoms with van der Waals surface area (Å²) in [5.74, 6) is -0.336. The number of carbonyl (C=O) groups excluding carboxylic acids is 2. The highest BCUT2D eigenvalue weighted by atomic mass is 16.6. The molecule has 0 spiro atoms. The first-order valence-electron chi connectivity index (χ1n) is 11.0. The van der Waals surface area contributed by atoms with Crippen molar-refractivity contribution in [3.8, 4) is 0 Å². The monoisotopic (exact) mass is 418 g/mol. The fourth-order valence-electron chi connectivity index (χ4n) is 2.47. The summed E-state index contributed by atoms with van der Waals surface area (Å²) >= 11 is 0. The molecule has 7 nitrogen and oxygen atoms in total. The Balaban J connectivity index is 3.45. The predicted molar refractivity (Wildman–Crippen MR) is 112 cm³/mol. The summed E-state index contributed by atoms with van der Waals surface area (Å²) in [5, 5.41) is 0. The molecule has 0 aromatic rings. The molecule has 0 N–H and O–H groups in total. The van der Waals surface area contributed by atoms with Gasteiger partial charge in [-0.1, -0.05) is 39.5 Å². The Morgan fingerprint density at radius 3 is 1.69 bits per heavy atom. The number of hydrogen-bond acceptors (Lipinski definition) is 7. The highest BCUT2D eigenvalue weighted by molar-refractivity contribution is 5.69. The van der Waals surface area contributed by atoms with E-state index in [0.29, 0.717) is 52.5 Å². The van der Waals surface area contributed by atoms with Gasteiger partial charge in [0.15, 0.2) is 0 Å². The number of hydrogen-bond donors (Lipinski definition) is 0. The van der Waals surface area contributed by atoms with Gasteiger partial charge in [-0.05, 0) is 26.7 Å². The first-order valence-corrected chi connectivity index (χ1v) is 11.0. The zero-order valence-electron chi connectivity index (χ0n) is 19.0. The largest absolute Gasteiger partial charge is 0.463 e. The zero-order chi connectivity index (χ0) is 21.8. The molecule has 0 heterocycles. The molecule has 0 saturated heterocycles. The average Bonchev–Trinajstić information content (AvgIpc) is 2.66. The molecule has 0 bridgehead atoms. The molecule has 0 aliphatic carbocycles. The van der Waals surface area contributed by atoms with Gasteiger partial charge in [-0.25, -0.2) is 0 Å². The summed E-state index contributed by atoms with van der Waals surface area (Å²) in [7, 11) is 0. The molecule has 0 aromatic heterocycles. The molecule has 29 heavy (non-hydrogen) atoms. The summed E-state index contributed by atoms with van der Waals surface area (Å²) in [6.07, 6.45) is 6.94. The second-order valence-electron chi connectivity index (χ2n) is 7.65. The minimum absolute atomic E-state index is 0.162. The maximum atomic E-state index is 11.8. The minimum Gasteiger partial charge on any atom is -0.463 e. The van der Waals surface area contributed by atoms with Gasteiger partial charge in [0, 0.05) is 12.8 Å². The highest BCUT2D eigenvalue weighted by Gasteiger charge is 2.22. The summed E-state index contributed by atoms with van der Waals surface area (Å²) in [6, 6.07) is 0. The molecule has 0 atom stereocenters. The fraction of sp³-hybridized carbons (Fsp3) is 0.909. The van der Waals surface area contributed by atoms with Crippen molar-refractivity contribution in [1.29, 1.82) is 0 Å². The Labute approximate surface area is 176 Å². The Hall–Kier alpha value is -1.18. The van der Waals surface area contributed by atoms with Crippen molar-refractivity contribution in [3.63, 3.8) is 0 Å². The third kappa shape index (κ3) is 19.9. The molecule has 0 unspecified atom stereocenters. The van der Waals surface area contributed by atoms with Gasteiger partial charge in [0.25, 0.3) is 0 Å². The van der Waals surface area contributed by atoms with Gasteiger partial charge in [0.2, 0.25) is 0 Å². The summed E-state index contributed by atoms with van der Waals surface area (Å²) in [5.41, 5.74) is -0.639. The van der Waals surface area contributed by atoms with Crippen LogP contribution >= 0.6 is 0 Å². The molecule has 0 rings (SSSR count). The van der Waals surface area contributed by atoms with E-state index in [1.165, 1.54) is 0 Å². The SMILES string of the molecule is CCCCCC(=O)OCCOCCOCCOCC(C)(C)OC(=O)CCCCC. The van der Waals surface area contributed by atoms with Gasteiger partial charge in [-0.3, -0.25) is 9.59 Å². The van der Waals surface area contributed by atoms with Crippen LogP contribution in [0.4, 0.5) is 0 Å². The first-order chi connectivity index (χ1) is 13.9. The van der Waals surface area contributed by atoms with Gasteiger partial charge in [-0.2, -0.15) is 0 Å². The van der Waals surface area contributed by atoms with E-state index in [-0.39, 0.29) is 18.5 Å². The number of esters is 2. The van der Waals surface area contributed by atoms with E-state index >= 15 is 0 Å². The number of ether oxygens (including phenoxy) is 5. The van der Waals surface area contributed by atoms with Crippen molar-refractivity contribution in [1.82, 2.24) is 0 Å². The molecule has 0 aliphatic rings. The topological polar surface area (TPSA) is 80.3 Å². The van der Waals surface area contributed by atoms with Crippen molar-refractivity contribution in [2.45, 2.75) is 84.7 Å². The van der Waals surface area contributed by atoms with Gasteiger partial charge >= 0.3 is 11.9 Å². The molecule has 0 fully saturated rings. The standard InChI is InChI=1S/C22H42O7/c1-5-7-9-11-20(23)28-18-17-26-14-13-25-15-16-27-19-22(3,4)29-21(24)12-10-8-6-2/h5-19H2,1-4H3. The van der Waals surface area contributed by atoms with Gasteiger partial charge < -0.3 is 23.7 Å². The Kier molecular flexibility index (Phi) is 18.1. The van der Waals surface area contributed by atoms with E-state index in [0.717, 1.165) is 38.5 Å². The second kappa shape index (κ2) is 18.8. The van der Waals surface area contributed by atoms with Gasteiger partial charge in [0.1, 0.15) is 12.2 Å². The highest BCUT2D eigenvalue weighted by Crippen LogP contribution is 2.12. The van der Waals surface area contributed by atoms with Crippen LogP contribution in [-0.4, -0.2) is 63.8 Å². The van der Waals surface area contributed by atoms with E-state index in [1.54, 1.807) is 0 Å². The van der Waals surface area contributed by atoms with Crippen LogP contribution in [0.5, 0.6) is 0 Å². The lowest BCUT2D eigenvalue weighted by Crippen LogP contribution is -2.34. The molecule has 0 amide bonds. The van der Waals surface area contributed by atoms with Gasteiger partial charge in [0.05, 0.1) is 39.6 Å². The molecular weight excluding hydrogens is 376 g/mol.